The van der Waals surface area contributed by atoms with Crippen LogP contribution >= 0.6 is 27.7 Å². The molecule has 2 heterocycles. The molecule has 0 radical (unpaired) electrons. The van der Waals surface area contributed by atoms with E-state index in [1.165, 1.54) is 24.3 Å². The summed E-state index contributed by atoms with van der Waals surface area (Å²) >= 11 is 4.98. The topological polar surface area (TPSA) is 40.6 Å². The molecule has 0 aromatic heterocycles. The number of hydrogen-bond acceptors (Lipinski definition) is 3. The highest BCUT2D eigenvalue weighted by atomic mass is 79.9. The third-order valence-corrected chi connectivity index (χ3v) is 6.01. The summed E-state index contributed by atoms with van der Waals surface area (Å²) in [5.74, 6) is -0.0939. The molecule has 2 aliphatic rings. The molecule has 24 heavy (non-hydrogen) atoms. The Bertz CT molecular complexity index is 812. The van der Waals surface area contributed by atoms with Gasteiger partial charge in [0.15, 0.2) is 0 Å². The predicted octanol–water partition coefficient (Wildman–Crippen LogP) is 4.17. The van der Waals surface area contributed by atoms with E-state index < -0.39 is 11.9 Å². The molecule has 0 unspecified atom stereocenters. The van der Waals surface area contributed by atoms with Crippen molar-refractivity contribution >= 4 is 45.3 Å². The van der Waals surface area contributed by atoms with E-state index in [-0.39, 0.29) is 17.3 Å². The van der Waals surface area contributed by atoms with Crippen LogP contribution in [0.4, 0.5) is 14.9 Å². The number of amides is 3. The zero-order valence-electron chi connectivity index (χ0n) is 12.4. The first-order chi connectivity index (χ1) is 11.6. The van der Waals surface area contributed by atoms with Gasteiger partial charge in [-0.2, -0.15) is 0 Å². The van der Waals surface area contributed by atoms with Crippen molar-refractivity contribution in [3.05, 3.63) is 64.4 Å². The minimum Gasteiger partial charge on any atom is -0.295 e. The number of hydrogen-bond donors (Lipinski definition) is 0. The van der Waals surface area contributed by atoms with Gasteiger partial charge in [-0.15, -0.1) is 11.8 Å². The van der Waals surface area contributed by atoms with Crippen molar-refractivity contribution in [3.63, 3.8) is 0 Å². The minimum absolute atomic E-state index is 0.190. The molecule has 0 N–H and O–H groups in total. The normalized spacial score (nSPS) is 23.1. The van der Waals surface area contributed by atoms with Crippen LogP contribution in [0.3, 0.4) is 0 Å². The van der Waals surface area contributed by atoms with Crippen molar-refractivity contribution in [2.75, 3.05) is 10.7 Å². The Morgan fingerprint density at radius 2 is 1.71 bits per heavy atom. The second-order valence-corrected chi connectivity index (χ2v) is 7.62. The highest BCUT2D eigenvalue weighted by molar-refractivity contribution is 9.10. The maximum absolute atomic E-state index is 13.1. The molecule has 0 spiro atoms. The lowest BCUT2D eigenvalue weighted by atomic mass is 10.2. The molecule has 122 valence electrons. The Morgan fingerprint density at radius 3 is 2.38 bits per heavy atom. The molecule has 4 nitrogen and oxygen atoms in total. The van der Waals surface area contributed by atoms with E-state index in [0.29, 0.717) is 11.4 Å². The van der Waals surface area contributed by atoms with Gasteiger partial charge < -0.3 is 0 Å². The van der Waals surface area contributed by atoms with Gasteiger partial charge >= 0.3 is 6.03 Å². The SMILES string of the molecule is O=C1[C@@H]2CS[C@H](c3ccc(Br)cc3)N2C(=O)N1c1ccc(F)cc1. The molecule has 2 saturated heterocycles. The van der Waals surface area contributed by atoms with Gasteiger partial charge in [-0.25, -0.2) is 14.1 Å². The van der Waals surface area contributed by atoms with Gasteiger partial charge in [-0.05, 0) is 42.0 Å². The third-order valence-electron chi connectivity index (χ3n) is 4.16. The summed E-state index contributed by atoms with van der Waals surface area (Å²) in [5.41, 5.74) is 1.38. The van der Waals surface area contributed by atoms with Gasteiger partial charge in [-0.1, -0.05) is 28.1 Å². The number of benzene rings is 2. The van der Waals surface area contributed by atoms with Gasteiger partial charge in [0.25, 0.3) is 5.91 Å². The van der Waals surface area contributed by atoms with Crippen molar-refractivity contribution in [1.29, 1.82) is 0 Å². The lowest BCUT2D eigenvalue weighted by molar-refractivity contribution is -0.119. The second kappa shape index (κ2) is 5.89. The van der Waals surface area contributed by atoms with Gasteiger partial charge in [0.05, 0.1) is 5.69 Å². The second-order valence-electron chi connectivity index (χ2n) is 5.59. The molecule has 4 rings (SSSR count). The highest BCUT2D eigenvalue weighted by Gasteiger charge is 2.53. The van der Waals surface area contributed by atoms with E-state index in [2.05, 4.69) is 15.9 Å². The Morgan fingerprint density at radius 1 is 1.04 bits per heavy atom. The summed E-state index contributed by atoms with van der Waals surface area (Å²) in [5, 5.41) is -0.190. The number of carbonyl (C=O) groups is 2. The smallest absolute Gasteiger partial charge is 0.295 e. The lowest BCUT2D eigenvalue weighted by Gasteiger charge is -2.23. The Labute approximate surface area is 150 Å². The van der Waals surface area contributed by atoms with Gasteiger partial charge in [0.2, 0.25) is 0 Å². The largest absolute Gasteiger partial charge is 0.333 e. The fourth-order valence-electron chi connectivity index (χ4n) is 3.00. The van der Waals surface area contributed by atoms with E-state index in [9.17, 15) is 14.0 Å². The molecule has 7 heteroatoms. The van der Waals surface area contributed by atoms with Crippen LogP contribution < -0.4 is 4.90 Å². The monoisotopic (exact) mass is 406 g/mol. The molecule has 0 aliphatic carbocycles. The molecule has 0 saturated carbocycles. The van der Waals surface area contributed by atoms with Crippen LogP contribution in [-0.4, -0.2) is 28.6 Å². The molecule has 0 bridgehead atoms. The zero-order chi connectivity index (χ0) is 16.8. The fourth-order valence-corrected chi connectivity index (χ4v) is 4.68. The molecule has 2 aliphatic heterocycles. The van der Waals surface area contributed by atoms with Crippen LogP contribution in [0.25, 0.3) is 0 Å². The Hall–Kier alpha value is -1.86. The number of urea groups is 1. The van der Waals surface area contributed by atoms with Crippen LogP contribution in [0.5, 0.6) is 0 Å². The van der Waals surface area contributed by atoms with Crippen LogP contribution in [0, 0.1) is 5.82 Å². The molecular weight excluding hydrogens is 395 g/mol. The van der Waals surface area contributed by atoms with E-state index in [0.717, 1.165) is 14.9 Å². The van der Waals surface area contributed by atoms with Crippen molar-refractivity contribution in [3.8, 4) is 0 Å². The van der Waals surface area contributed by atoms with Crippen molar-refractivity contribution in [2.45, 2.75) is 11.4 Å². The van der Waals surface area contributed by atoms with Crippen LogP contribution in [0.2, 0.25) is 0 Å². The maximum atomic E-state index is 13.1. The van der Waals surface area contributed by atoms with Gasteiger partial charge in [-0.3, -0.25) is 9.69 Å². The summed E-state index contributed by atoms with van der Waals surface area (Å²) in [6.45, 7) is 0. The fraction of sp³-hybridized carbons (Fsp3) is 0.176. The lowest BCUT2D eigenvalue weighted by Crippen LogP contribution is -2.33. The van der Waals surface area contributed by atoms with E-state index in [1.54, 1.807) is 16.7 Å². The molecule has 3 amide bonds. The quantitative estimate of drug-likeness (QED) is 0.702. The van der Waals surface area contributed by atoms with Crippen molar-refractivity contribution < 1.29 is 14.0 Å². The number of anilines is 1. The number of imide groups is 1. The number of halogens is 2. The highest BCUT2D eigenvalue weighted by Crippen LogP contribution is 2.46. The van der Waals surface area contributed by atoms with Crippen LogP contribution in [0.15, 0.2) is 53.0 Å². The summed E-state index contributed by atoms with van der Waals surface area (Å²) in [7, 11) is 0. The number of thioether (sulfide) groups is 1. The number of nitrogens with zero attached hydrogens (tertiary/aromatic N) is 2. The first-order valence-corrected chi connectivity index (χ1v) is 9.19. The number of rotatable bonds is 2. The number of fused-ring (bicyclic) bond motifs is 1. The minimum atomic E-state index is -0.471. The first-order valence-electron chi connectivity index (χ1n) is 7.35. The zero-order valence-corrected chi connectivity index (χ0v) is 14.8. The Kier molecular flexibility index (Phi) is 3.85. The molecular formula is C17H12BrFN2O2S. The Balaban J connectivity index is 1.67. The van der Waals surface area contributed by atoms with E-state index in [1.807, 2.05) is 24.3 Å². The number of carbonyl (C=O) groups excluding carboxylic acids is 2. The van der Waals surface area contributed by atoms with E-state index >= 15 is 0 Å². The van der Waals surface area contributed by atoms with Crippen molar-refractivity contribution in [1.82, 2.24) is 4.90 Å². The van der Waals surface area contributed by atoms with E-state index in [4.69, 9.17) is 0 Å². The van der Waals surface area contributed by atoms with Crippen molar-refractivity contribution in [2.24, 2.45) is 0 Å². The summed E-state index contributed by atoms with van der Waals surface area (Å²) < 4.78 is 14.1. The molecule has 2 aromatic rings. The predicted molar refractivity (Wildman–Crippen MR) is 94.3 cm³/mol. The summed E-state index contributed by atoms with van der Waals surface area (Å²) in [6, 6.07) is 12.3. The first kappa shape index (κ1) is 15.7. The average Bonchev–Trinajstić information content (AvgIpc) is 3.11. The summed E-state index contributed by atoms with van der Waals surface area (Å²) in [4.78, 5) is 28.3. The summed E-state index contributed by atoms with van der Waals surface area (Å²) in [6.07, 6.45) is 0. The van der Waals surface area contributed by atoms with Crippen LogP contribution in [0.1, 0.15) is 10.9 Å². The third kappa shape index (κ3) is 2.43. The standard InChI is InChI=1S/C17H12BrFN2O2S/c18-11-3-1-10(2-4-11)16-21-14(9-24-16)15(22)20(17(21)23)13-7-5-12(19)6-8-13/h1-8,14,16H,9H2/t14-,16+/m0/s1. The molecule has 2 atom stereocenters. The van der Waals surface area contributed by atoms with Gasteiger partial charge in [0.1, 0.15) is 17.2 Å². The molecule has 2 fully saturated rings. The maximum Gasteiger partial charge on any atom is 0.333 e. The van der Waals surface area contributed by atoms with Gasteiger partial charge in [0, 0.05) is 10.2 Å². The average molecular weight is 407 g/mol. The van der Waals surface area contributed by atoms with Crippen LogP contribution in [-0.2, 0) is 4.79 Å². The molecule has 2 aromatic carbocycles.